The van der Waals surface area contributed by atoms with Crippen molar-refractivity contribution >= 4 is 12.0 Å². The van der Waals surface area contributed by atoms with Crippen LogP contribution in [0, 0.1) is 5.92 Å². The molecular formula is C13H25N3O3. The fourth-order valence-electron chi connectivity index (χ4n) is 2.37. The fourth-order valence-corrected chi connectivity index (χ4v) is 2.37. The predicted molar refractivity (Wildman–Crippen MR) is 73.1 cm³/mol. The fraction of sp³-hybridized carbons (Fsp3) is 0.846. The Labute approximate surface area is 114 Å². The Kier molecular flexibility index (Phi) is 5.60. The zero-order valence-corrected chi connectivity index (χ0v) is 12.2. The number of hydrogen-bond donors (Lipinski definition) is 2. The summed E-state index contributed by atoms with van der Waals surface area (Å²) in [5.74, 6) is -1.26. The van der Waals surface area contributed by atoms with Gasteiger partial charge in [-0.05, 0) is 47.3 Å². The zero-order chi connectivity index (χ0) is 14.6. The van der Waals surface area contributed by atoms with E-state index < -0.39 is 11.9 Å². The summed E-state index contributed by atoms with van der Waals surface area (Å²) in [5.41, 5.74) is 0. The maximum Gasteiger partial charge on any atom is 0.317 e. The average molecular weight is 271 g/mol. The maximum absolute atomic E-state index is 12.1. The second-order valence-corrected chi connectivity index (χ2v) is 5.61. The summed E-state index contributed by atoms with van der Waals surface area (Å²) in [4.78, 5) is 26.8. The number of urea groups is 1. The highest BCUT2D eigenvalue weighted by molar-refractivity contribution is 5.78. The first-order valence-corrected chi connectivity index (χ1v) is 6.77. The number of aliphatic carboxylic acids is 1. The zero-order valence-electron chi connectivity index (χ0n) is 12.2. The number of nitrogens with one attached hydrogen (secondary N) is 1. The van der Waals surface area contributed by atoms with Crippen molar-refractivity contribution in [2.75, 3.05) is 27.2 Å². The molecule has 1 saturated heterocycles. The van der Waals surface area contributed by atoms with Crippen molar-refractivity contribution in [1.29, 1.82) is 0 Å². The molecule has 1 rings (SSSR count). The first-order chi connectivity index (χ1) is 8.82. The van der Waals surface area contributed by atoms with Crippen molar-refractivity contribution in [1.82, 2.24) is 15.1 Å². The summed E-state index contributed by atoms with van der Waals surface area (Å²) in [6, 6.07) is -0.299. The number of nitrogens with zero attached hydrogens (tertiary/aromatic N) is 2. The van der Waals surface area contributed by atoms with Crippen LogP contribution in [0.1, 0.15) is 26.7 Å². The van der Waals surface area contributed by atoms with E-state index in [-0.39, 0.29) is 18.1 Å². The first kappa shape index (κ1) is 15.8. The van der Waals surface area contributed by atoms with E-state index in [0.29, 0.717) is 13.0 Å². The third-order valence-corrected chi connectivity index (χ3v) is 3.71. The summed E-state index contributed by atoms with van der Waals surface area (Å²) < 4.78 is 0. The Bertz CT molecular complexity index is 333. The molecule has 0 aromatic heterocycles. The highest BCUT2D eigenvalue weighted by Crippen LogP contribution is 2.24. The second-order valence-electron chi connectivity index (χ2n) is 5.61. The van der Waals surface area contributed by atoms with Gasteiger partial charge in [-0.3, -0.25) is 4.79 Å². The van der Waals surface area contributed by atoms with Crippen LogP contribution in [0.15, 0.2) is 0 Å². The molecule has 1 fully saturated rings. The van der Waals surface area contributed by atoms with E-state index in [0.717, 1.165) is 13.0 Å². The van der Waals surface area contributed by atoms with Crippen LogP contribution < -0.4 is 5.32 Å². The Morgan fingerprint density at radius 2 is 2.11 bits per heavy atom. The molecule has 0 saturated carbocycles. The van der Waals surface area contributed by atoms with Gasteiger partial charge in [0.15, 0.2) is 0 Å². The predicted octanol–water partition coefficient (Wildman–Crippen LogP) is 0.831. The maximum atomic E-state index is 12.1. The number of hydrogen-bond acceptors (Lipinski definition) is 3. The van der Waals surface area contributed by atoms with Crippen molar-refractivity contribution in [2.24, 2.45) is 5.92 Å². The molecule has 2 amide bonds. The molecule has 1 aliphatic rings. The Hall–Kier alpha value is -1.30. The number of carboxylic acid groups (broad SMARTS) is 1. The van der Waals surface area contributed by atoms with E-state index in [1.54, 1.807) is 11.8 Å². The molecule has 2 N–H and O–H groups in total. The summed E-state index contributed by atoms with van der Waals surface area (Å²) in [6.07, 6.45) is 1.42. The molecule has 3 atom stereocenters. The molecule has 1 aliphatic heterocycles. The molecule has 110 valence electrons. The topological polar surface area (TPSA) is 72.9 Å². The molecule has 0 spiro atoms. The van der Waals surface area contributed by atoms with Crippen LogP contribution >= 0.6 is 0 Å². The monoisotopic (exact) mass is 271 g/mol. The number of rotatable bonds is 5. The second kappa shape index (κ2) is 6.75. The van der Waals surface area contributed by atoms with Gasteiger partial charge in [-0.15, -0.1) is 0 Å². The van der Waals surface area contributed by atoms with E-state index in [1.807, 2.05) is 21.0 Å². The van der Waals surface area contributed by atoms with Gasteiger partial charge in [-0.25, -0.2) is 4.79 Å². The van der Waals surface area contributed by atoms with E-state index in [9.17, 15) is 9.59 Å². The van der Waals surface area contributed by atoms with Gasteiger partial charge in [0, 0.05) is 18.6 Å². The Balaban J connectivity index is 2.44. The number of carbonyl (C=O) groups is 2. The van der Waals surface area contributed by atoms with Crippen molar-refractivity contribution in [3.8, 4) is 0 Å². The molecule has 6 heteroatoms. The van der Waals surface area contributed by atoms with Crippen LogP contribution in [-0.2, 0) is 4.79 Å². The van der Waals surface area contributed by atoms with E-state index >= 15 is 0 Å². The average Bonchev–Trinajstić information content (AvgIpc) is 2.68. The lowest BCUT2D eigenvalue weighted by atomic mass is 10.0. The highest BCUT2D eigenvalue weighted by Gasteiger charge is 2.38. The smallest absolute Gasteiger partial charge is 0.317 e. The van der Waals surface area contributed by atoms with Crippen LogP contribution in [0.5, 0.6) is 0 Å². The van der Waals surface area contributed by atoms with Crippen molar-refractivity contribution in [2.45, 2.75) is 38.8 Å². The Morgan fingerprint density at radius 3 is 2.58 bits per heavy atom. The summed E-state index contributed by atoms with van der Waals surface area (Å²) >= 11 is 0. The van der Waals surface area contributed by atoms with Crippen LogP contribution in [0.2, 0.25) is 0 Å². The molecule has 19 heavy (non-hydrogen) atoms. The number of carboxylic acids is 1. The SMILES string of the molecule is CC(CCN(C)C)NC(=O)N1CCC(C(=O)O)C1C. The van der Waals surface area contributed by atoms with Crippen LogP contribution in [0.25, 0.3) is 0 Å². The standard InChI is InChI=1S/C13H25N3O3/c1-9(5-7-15(3)4)14-13(19)16-8-6-11(10(16)2)12(17)18/h9-11H,5-8H2,1-4H3,(H,14,19)(H,17,18). The quantitative estimate of drug-likeness (QED) is 0.777. The van der Waals surface area contributed by atoms with Crippen molar-refractivity contribution < 1.29 is 14.7 Å². The van der Waals surface area contributed by atoms with Crippen LogP contribution in [0.4, 0.5) is 4.79 Å². The lowest BCUT2D eigenvalue weighted by Gasteiger charge is -2.26. The molecule has 3 unspecified atom stereocenters. The highest BCUT2D eigenvalue weighted by atomic mass is 16.4. The summed E-state index contributed by atoms with van der Waals surface area (Å²) in [5, 5.41) is 12.0. The lowest BCUT2D eigenvalue weighted by molar-refractivity contribution is -0.142. The van der Waals surface area contributed by atoms with Crippen molar-refractivity contribution in [3.05, 3.63) is 0 Å². The molecule has 0 aromatic rings. The minimum absolute atomic E-state index is 0.0889. The molecular weight excluding hydrogens is 246 g/mol. The largest absolute Gasteiger partial charge is 0.481 e. The summed E-state index contributed by atoms with van der Waals surface area (Å²) in [6.45, 7) is 5.20. The molecule has 0 aromatic carbocycles. The third-order valence-electron chi connectivity index (χ3n) is 3.71. The molecule has 1 heterocycles. The van der Waals surface area contributed by atoms with E-state index in [2.05, 4.69) is 10.2 Å². The molecule has 6 nitrogen and oxygen atoms in total. The van der Waals surface area contributed by atoms with Crippen LogP contribution in [-0.4, -0.2) is 66.2 Å². The normalized spacial score (nSPS) is 24.6. The molecule has 0 bridgehead atoms. The van der Waals surface area contributed by atoms with Gasteiger partial charge in [-0.1, -0.05) is 0 Å². The van der Waals surface area contributed by atoms with Gasteiger partial charge in [0.25, 0.3) is 0 Å². The van der Waals surface area contributed by atoms with Gasteiger partial charge in [0.1, 0.15) is 0 Å². The van der Waals surface area contributed by atoms with E-state index in [1.165, 1.54) is 0 Å². The number of carbonyl (C=O) groups excluding carboxylic acids is 1. The summed E-state index contributed by atoms with van der Waals surface area (Å²) in [7, 11) is 3.99. The number of likely N-dealkylation sites (tertiary alicyclic amines) is 1. The molecule has 0 aliphatic carbocycles. The lowest BCUT2D eigenvalue weighted by Crippen LogP contribution is -2.47. The van der Waals surface area contributed by atoms with Gasteiger partial charge in [-0.2, -0.15) is 0 Å². The van der Waals surface area contributed by atoms with Gasteiger partial charge >= 0.3 is 12.0 Å². The minimum atomic E-state index is -0.816. The van der Waals surface area contributed by atoms with Crippen molar-refractivity contribution in [3.63, 3.8) is 0 Å². The molecule has 0 radical (unpaired) electrons. The van der Waals surface area contributed by atoms with Gasteiger partial charge in [0.05, 0.1) is 5.92 Å². The van der Waals surface area contributed by atoms with Crippen LogP contribution in [0.3, 0.4) is 0 Å². The third kappa shape index (κ3) is 4.38. The Morgan fingerprint density at radius 1 is 1.47 bits per heavy atom. The van der Waals surface area contributed by atoms with E-state index in [4.69, 9.17) is 5.11 Å². The minimum Gasteiger partial charge on any atom is -0.481 e. The number of amides is 2. The van der Waals surface area contributed by atoms with Gasteiger partial charge < -0.3 is 20.2 Å². The van der Waals surface area contributed by atoms with Gasteiger partial charge in [0.2, 0.25) is 0 Å². The first-order valence-electron chi connectivity index (χ1n) is 6.77.